The minimum absolute atomic E-state index is 0. The monoisotopic (exact) mass is 1920 g/mol. The Morgan fingerprint density at radius 2 is 0.620 bits per heavy atom. The summed E-state index contributed by atoms with van der Waals surface area (Å²) < 4.78 is 100. The Balaban J connectivity index is 0.00000168. The van der Waals surface area contributed by atoms with Gasteiger partial charge in [-0.3, -0.25) is 0 Å². The van der Waals surface area contributed by atoms with Crippen LogP contribution in [0.4, 0.5) is 62.6 Å². The van der Waals surface area contributed by atoms with Crippen LogP contribution in [0.15, 0.2) is 369 Å². The van der Waals surface area contributed by atoms with Crippen LogP contribution in [0.2, 0.25) is 0 Å². The number of rotatable bonds is 21. The fourth-order valence-corrected chi connectivity index (χ4v) is 16.8. The molecule has 0 atom stereocenters. The number of unbranched alkanes of at least 4 members (excludes halogenated alkanes) is 1. The van der Waals surface area contributed by atoms with Crippen LogP contribution in [0.5, 0.6) is 0 Å². The van der Waals surface area contributed by atoms with Crippen molar-refractivity contribution in [2.75, 3.05) is 36.4 Å². The predicted molar refractivity (Wildman–Crippen MR) is 536 cm³/mol. The van der Waals surface area contributed by atoms with Gasteiger partial charge in [0.2, 0.25) is 55.5 Å². The van der Waals surface area contributed by atoms with Crippen LogP contribution in [0.3, 0.4) is 0 Å². The molecule has 0 aliphatic carbocycles. The summed E-state index contributed by atoms with van der Waals surface area (Å²) >= 11 is -1.77. The molecule has 678 valence electrons. The first kappa shape index (κ1) is 116. The van der Waals surface area contributed by atoms with Crippen LogP contribution >= 0.6 is 29.5 Å². The zero-order valence-electron chi connectivity index (χ0n) is 64.4. The predicted octanol–water partition coefficient (Wildman–Crippen LogP) is 29.7. The van der Waals surface area contributed by atoms with Gasteiger partial charge in [-0.2, -0.15) is 10.2 Å². The minimum atomic E-state index is -3.74. The molecule has 0 aromatic heterocycles. The fraction of sp³-hybridized carbons (Fsp3) is 0.186. The van der Waals surface area contributed by atoms with Crippen molar-refractivity contribution in [2.45, 2.75) is 145 Å². The first-order chi connectivity index (χ1) is 57.8. The summed E-state index contributed by atoms with van der Waals surface area (Å²) in [5, 5.41) is 53.7. The first-order valence-electron chi connectivity index (χ1n) is 36.8. The molecule has 0 aliphatic heterocycles. The van der Waals surface area contributed by atoms with Gasteiger partial charge in [0.15, 0.2) is 14.9 Å². The van der Waals surface area contributed by atoms with Crippen molar-refractivity contribution in [2.24, 2.45) is 31.9 Å². The number of azo groups is 2. The van der Waals surface area contributed by atoms with Gasteiger partial charge in [0.05, 0.1) is 61.9 Å². The van der Waals surface area contributed by atoms with E-state index < -0.39 is 51.6 Å². The molecule has 0 amide bonds. The van der Waals surface area contributed by atoms with E-state index in [0.717, 1.165) is 71.9 Å². The molecule has 0 saturated carbocycles. The molecule has 0 spiro atoms. The Labute approximate surface area is 779 Å². The van der Waals surface area contributed by atoms with Gasteiger partial charge in [0.25, 0.3) is 6.57 Å². The number of nitrogens with one attached hydrogen (secondary N) is 1. The van der Waals surface area contributed by atoms with Gasteiger partial charge >= 0.3 is 64.6 Å². The number of nitrogens with two attached hydrogens (primary N) is 4. The van der Waals surface area contributed by atoms with E-state index >= 15 is 0 Å². The number of diazo groups is 3. The third-order valence-corrected chi connectivity index (χ3v) is 25.1. The maximum atomic E-state index is 13.4. The summed E-state index contributed by atoms with van der Waals surface area (Å²) in [6.45, 7) is 9.40. The Morgan fingerprint density at radius 1 is 0.341 bits per heavy atom. The molecular weight excluding hydrogens is 1800 g/mol. The third-order valence-electron chi connectivity index (χ3n) is 18.0. The van der Waals surface area contributed by atoms with Crippen molar-refractivity contribution in [3.8, 4) is 6.57 Å². The van der Waals surface area contributed by atoms with Crippen molar-refractivity contribution >= 4 is 164 Å². The molecule has 0 bridgehead atoms. The van der Waals surface area contributed by atoms with Crippen LogP contribution in [-0.4, -0.2) is 53.3 Å². The number of benzene rings is 14. The van der Waals surface area contributed by atoms with E-state index in [0.29, 0.717) is 41.5 Å². The summed E-state index contributed by atoms with van der Waals surface area (Å²) in [6.07, 6.45) is 5.13. The van der Waals surface area contributed by atoms with E-state index in [4.69, 9.17) is 75.2 Å². The Hall–Kier alpha value is -12.6. The second kappa shape index (κ2) is 56.6. The van der Waals surface area contributed by atoms with E-state index in [9.17, 15) is 33.7 Å². The molecule has 32 heteroatoms. The summed E-state index contributed by atoms with van der Waals surface area (Å²) in [4.78, 5) is 13.6. The van der Waals surface area contributed by atoms with E-state index in [-0.39, 0.29) is 123 Å². The summed E-state index contributed by atoms with van der Waals surface area (Å²) in [7, 11) is 0.397. The normalized spacial score (nSPS) is 10.4. The third kappa shape index (κ3) is 32.3. The molecule has 129 heavy (non-hydrogen) atoms. The van der Waals surface area contributed by atoms with Crippen molar-refractivity contribution in [1.29, 1.82) is 16.2 Å². The topological polar surface area (TPSA) is 391 Å². The summed E-state index contributed by atoms with van der Waals surface area (Å²) in [5.41, 5.74) is 31.0. The number of nitrogen functional groups attached to an aromatic ring is 2. The van der Waals surface area contributed by atoms with Crippen molar-refractivity contribution in [3.63, 3.8) is 0 Å². The molecule has 0 heterocycles. The number of hydrogen-bond donors (Lipinski definition) is 5. The van der Waals surface area contributed by atoms with Gasteiger partial charge in [-0.15, -0.1) is 10.2 Å². The standard InChI is InChI=1S/C39H37N5O2S.C13H9N3O2S.C12H8N4O2S.C12H12N2O2S.C12H14N2.9CH4.3ClH.V/c1-2-3-9-28-15-25-38(36-13-6-4-11-34(28)36)43-41-30-17-21-32(22-18-30)47(45,46)33-23-19-31(20-24-33)42-44-39-26-16-29(10-8-27-40)35-12-5-7-14-37(35)39;1-15-10-2-6-12(7-3-10)19(17,18)13-8-4-11(16-14)5-9-13;13-15-9-1-5-11(6-2-9)19(17,18)12-7-3-10(16-14)4-8-12;13-9-1-5-11(6-2-9)17(15,16)12-7-3-10(14)4-8-12;13-8-9-14-12-7-3-5-10-4-1-2-6-11(10)12;;;;;;;;;;;;;/h4-7,11-26H,2-3,8-10,27,40H2,1H3;1-9H;1-8H;1-8H,13-14H2;1-7,14H,8-9,13H2;9*1H4;3*1H;/q;2*+2;;;;;;;;;;;;;;;+3/p-3. The Kier molecular flexibility index (Phi) is 51.0. The second-order valence-corrected chi connectivity index (χ2v) is 40.7. The number of aryl methyl sites for hydroxylation is 2. The van der Waals surface area contributed by atoms with E-state index in [1.54, 1.807) is 72.8 Å². The number of anilines is 3. The van der Waals surface area contributed by atoms with Crippen LogP contribution in [0, 0.1) is 22.8 Å². The molecule has 0 fully saturated rings. The van der Waals surface area contributed by atoms with Crippen molar-refractivity contribution in [1.82, 2.24) is 0 Å². The molecule has 9 N–H and O–H groups in total. The number of nitrogens with zero attached hydrogens (tertiary/aromatic N) is 11. The molecule has 14 aromatic rings. The average molecular weight is 1920 g/mol. The number of sulfone groups is 4. The molecule has 0 saturated heterocycles. The van der Waals surface area contributed by atoms with E-state index in [1.165, 1.54) is 149 Å². The maximum absolute atomic E-state index is 13.4. The summed E-state index contributed by atoms with van der Waals surface area (Å²) in [6, 6.07) is 86.7. The van der Waals surface area contributed by atoms with Gasteiger partial charge in [-0.05, 0) is 228 Å². The number of halogens is 3. The zero-order valence-corrected chi connectivity index (χ0v) is 71.3. The van der Waals surface area contributed by atoms with Crippen molar-refractivity contribution < 1.29 is 46.0 Å². The van der Waals surface area contributed by atoms with Crippen molar-refractivity contribution in [3.05, 3.63) is 340 Å². The van der Waals surface area contributed by atoms with Gasteiger partial charge in [-0.25, -0.2) is 33.7 Å². The number of fused-ring (bicyclic) bond motifs is 3. The SMILES string of the molecule is C.C.C.C.C.C.C.C.C.C#[N+]c1ccc(S(=O)(=O)c2ccc([N+]#N)cc2)cc1.CCCCc1ccc(N=Nc2ccc(S(=O)(=O)c3ccc(N=Nc4ccc(CCCN)c5ccccc45)cc3)cc2)c2ccccc12.N#[N+]c1ccc(S(=O)(=O)c2ccc([N+]#N)cc2)cc1.NCCNc1cccc2ccccc12.Nc1ccc(S(=O)(=O)c2ccc(N)cc2)cc1.[Cl][V]([Cl])[Cl]. The van der Waals surface area contributed by atoms with Crippen LogP contribution < -0.4 is 28.3 Å². The molecule has 0 unspecified atom stereocenters. The Bertz CT molecular complexity index is 6120. The van der Waals surface area contributed by atoms with Gasteiger partial charge in [0, 0.05) is 94.8 Å². The Morgan fingerprint density at radius 3 is 0.922 bits per heavy atom. The molecule has 14 rings (SSSR count). The molecule has 24 nitrogen and oxygen atoms in total. The number of hydrogen-bond acceptors (Lipinski definition) is 20. The molecule has 0 aliphatic rings. The van der Waals surface area contributed by atoms with Crippen LogP contribution in [-0.2, 0) is 64.5 Å². The quantitative estimate of drug-likeness (QED) is 0.0253. The first-order valence-corrected chi connectivity index (χ1v) is 48.5. The molecule has 14 aromatic carbocycles. The van der Waals surface area contributed by atoms with Crippen LogP contribution in [0.25, 0.3) is 52.1 Å². The summed E-state index contributed by atoms with van der Waals surface area (Å²) in [5.74, 6) is 0. The zero-order chi connectivity index (χ0) is 86.2. The second-order valence-electron chi connectivity index (χ2n) is 26.0. The van der Waals surface area contributed by atoms with E-state index in [1.807, 2.05) is 42.5 Å². The van der Waals surface area contributed by atoms with Gasteiger partial charge < -0.3 is 28.3 Å². The fourth-order valence-electron chi connectivity index (χ4n) is 11.8. The van der Waals surface area contributed by atoms with Crippen LogP contribution in [0.1, 0.15) is 104 Å². The van der Waals surface area contributed by atoms with Gasteiger partial charge in [-0.1, -0.05) is 177 Å². The van der Waals surface area contributed by atoms with E-state index in [2.05, 4.69) is 125 Å². The molecule has 0 radical (unpaired) electrons. The van der Waals surface area contributed by atoms with Gasteiger partial charge in [0.1, 0.15) is 0 Å². The average Bonchev–Trinajstić information content (AvgIpc) is 0.806. The molecular formula is C97H116Cl3N16O8S4V+4.